The fraction of sp³-hybridized carbons (Fsp3) is 0.850. The highest BCUT2D eigenvalue weighted by Crippen LogP contribution is 2.11. The summed E-state index contributed by atoms with van der Waals surface area (Å²) in [5, 5.41) is 17.7. The number of unbranched alkanes of at least 4 members (excludes halogenated alkanes) is 8. The van der Waals surface area contributed by atoms with E-state index in [0.717, 1.165) is 24.2 Å². The third-order valence-electron chi connectivity index (χ3n) is 4.63. The van der Waals surface area contributed by atoms with Crippen molar-refractivity contribution in [3.63, 3.8) is 0 Å². The van der Waals surface area contributed by atoms with Gasteiger partial charge in [0.2, 0.25) is 5.91 Å². The van der Waals surface area contributed by atoms with Crippen molar-refractivity contribution >= 4 is 18.0 Å². The van der Waals surface area contributed by atoms with Crippen LogP contribution in [0.25, 0.3) is 0 Å². The number of hydrogen-bond donors (Lipinski definition) is 2. The summed E-state index contributed by atoms with van der Waals surface area (Å²) in [6.45, 7) is 2.32. The van der Waals surface area contributed by atoms with Crippen molar-refractivity contribution in [1.82, 2.24) is 9.80 Å². The predicted molar refractivity (Wildman–Crippen MR) is 108 cm³/mol. The zero-order valence-corrected chi connectivity index (χ0v) is 17.5. The number of carboxylic acid groups (broad SMARTS) is 2. The molecule has 0 unspecified atom stereocenters. The first-order valence-electron chi connectivity index (χ1n) is 10.4. The summed E-state index contributed by atoms with van der Waals surface area (Å²) < 4.78 is 4.86. The molecule has 0 aliphatic rings. The molecule has 0 fully saturated rings. The summed E-state index contributed by atoms with van der Waals surface area (Å²) in [4.78, 5) is 36.4. The molecule has 0 atom stereocenters. The molecule has 2 amide bonds. The van der Waals surface area contributed by atoms with E-state index >= 15 is 0 Å². The van der Waals surface area contributed by atoms with E-state index in [1.54, 1.807) is 11.9 Å². The normalized spacial score (nSPS) is 10.6. The summed E-state index contributed by atoms with van der Waals surface area (Å²) in [6.07, 6.45) is 10.1. The van der Waals surface area contributed by atoms with Crippen LogP contribution in [0, 0.1) is 0 Å². The fourth-order valence-electron chi connectivity index (χ4n) is 2.81. The van der Waals surface area contributed by atoms with Crippen LogP contribution in [0.5, 0.6) is 0 Å². The Bertz CT molecular complexity index is 444. The first-order chi connectivity index (χ1) is 13.4. The van der Waals surface area contributed by atoms with Crippen LogP contribution < -0.4 is 0 Å². The van der Waals surface area contributed by atoms with Crippen LogP contribution in [0.3, 0.4) is 0 Å². The SMILES string of the molecule is CCCCCCCCCCCC(=O)N(C)CCN(CCOCC(=O)O)C(=O)O. The Kier molecular flexibility index (Phi) is 16.2. The highest BCUT2D eigenvalue weighted by molar-refractivity contribution is 5.75. The van der Waals surface area contributed by atoms with Crippen LogP contribution in [-0.4, -0.2) is 77.9 Å². The minimum atomic E-state index is -1.11. The number of carbonyl (C=O) groups is 3. The van der Waals surface area contributed by atoms with Crippen molar-refractivity contribution in [2.24, 2.45) is 0 Å². The van der Waals surface area contributed by atoms with Crippen molar-refractivity contribution in [3.05, 3.63) is 0 Å². The molecule has 0 aliphatic carbocycles. The molecule has 0 radical (unpaired) electrons. The molecule has 0 saturated heterocycles. The largest absolute Gasteiger partial charge is 0.480 e. The smallest absolute Gasteiger partial charge is 0.407 e. The van der Waals surface area contributed by atoms with Crippen molar-refractivity contribution in [2.45, 2.75) is 71.1 Å². The third kappa shape index (κ3) is 15.2. The molecule has 0 heterocycles. The molecule has 0 aromatic heterocycles. The second-order valence-electron chi connectivity index (χ2n) is 7.11. The maximum absolute atomic E-state index is 12.1. The van der Waals surface area contributed by atoms with E-state index in [9.17, 15) is 19.5 Å². The van der Waals surface area contributed by atoms with E-state index in [0.29, 0.717) is 13.0 Å². The van der Waals surface area contributed by atoms with Gasteiger partial charge in [-0.15, -0.1) is 0 Å². The second-order valence-corrected chi connectivity index (χ2v) is 7.11. The van der Waals surface area contributed by atoms with Gasteiger partial charge < -0.3 is 24.7 Å². The molecule has 0 bridgehead atoms. The van der Waals surface area contributed by atoms with Crippen molar-refractivity contribution < 1.29 is 29.3 Å². The summed E-state index contributed by atoms with van der Waals surface area (Å²) in [5.74, 6) is -1.07. The monoisotopic (exact) mass is 402 g/mol. The number of ether oxygens (including phenoxy) is 1. The molecule has 8 heteroatoms. The molecular weight excluding hydrogens is 364 g/mol. The minimum Gasteiger partial charge on any atom is -0.480 e. The minimum absolute atomic E-state index is 0.00864. The van der Waals surface area contributed by atoms with Gasteiger partial charge in [0.25, 0.3) is 0 Å². The van der Waals surface area contributed by atoms with Crippen LogP contribution in [0.2, 0.25) is 0 Å². The number of carboxylic acids is 1. The number of aliphatic carboxylic acids is 1. The molecular formula is C20H38N2O6. The lowest BCUT2D eigenvalue weighted by Gasteiger charge is -2.23. The molecule has 0 spiro atoms. The predicted octanol–water partition coefficient (Wildman–Crippen LogP) is 3.45. The van der Waals surface area contributed by atoms with Crippen LogP contribution in [-0.2, 0) is 14.3 Å². The molecule has 2 N–H and O–H groups in total. The topological polar surface area (TPSA) is 107 Å². The van der Waals surface area contributed by atoms with Crippen molar-refractivity contribution in [3.8, 4) is 0 Å². The molecule has 164 valence electrons. The molecule has 0 saturated carbocycles. The number of rotatable bonds is 18. The lowest BCUT2D eigenvalue weighted by molar-refractivity contribution is -0.142. The fourth-order valence-corrected chi connectivity index (χ4v) is 2.81. The van der Waals surface area contributed by atoms with Crippen LogP contribution in [0.1, 0.15) is 71.1 Å². The molecule has 0 aromatic carbocycles. The highest BCUT2D eigenvalue weighted by Gasteiger charge is 2.15. The lowest BCUT2D eigenvalue weighted by Crippen LogP contribution is -2.40. The van der Waals surface area contributed by atoms with E-state index in [2.05, 4.69) is 6.92 Å². The zero-order valence-electron chi connectivity index (χ0n) is 17.5. The third-order valence-corrected chi connectivity index (χ3v) is 4.63. The molecule has 28 heavy (non-hydrogen) atoms. The number of carbonyl (C=O) groups excluding carboxylic acids is 1. The van der Waals surface area contributed by atoms with Gasteiger partial charge in [0.05, 0.1) is 6.61 Å². The van der Waals surface area contributed by atoms with Gasteiger partial charge >= 0.3 is 12.1 Å². The van der Waals surface area contributed by atoms with Gasteiger partial charge in [0, 0.05) is 33.1 Å². The first-order valence-corrected chi connectivity index (χ1v) is 10.4. The Morgan fingerprint density at radius 1 is 0.821 bits per heavy atom. The first kappa shape index (κ1) is 26.2. The van der Waals surface area contributed by atoms with E-state index in [1.807, 2.05) is 0 Å². The van der Waals surface area contributed by atoms with Crippen LogP contribution >= 0.6 is 0 Å². The maximum Gasteiger partial charge on any atom is 0.407 e. The quantitative estimate of drug-likeness (QED) is 0.340. The van der Waals surface area contributed by atoms with Gasteiger partial charge in [0.15, 0.2) is 0 Å². The maximum atomic E-state index is 12.1. The van der Waals surface area contributed by atoms with Gasteiger partial charge in [-0.2, -0.15) is 0 Å². The standard InChI is InChI=1S/C20H38N2O6/c1-3-4-5-6-7-8-9-10-11-12-18(23)21(2)13-14-22(20(26)27)15-16-28-17-19(24)25/h3-17H2,1-2H3,(H,24,25)(H,26,27). The van der Waals surface area contributed by atoms with Gasteiger partial charge in [-0.1, -0.05) is 58.3 Å². The average Bonchev–Trinajstić information content (AvgIpc) is 2.65. The summed E-state index contributed by atoms with van der Waals surface area (Å²) >= 11 is 0. The number of amides is 2. The van der Waals surface area contributed by atoms with E-state index in [-0.39, 0.29) is 25.6 Å². The Balaban J connectivity index is 3.83. The molecule has 0 aliphatic heterocycles. The van der Waals surface area contributed by atoms with E-state index in [1.165, 1.54) is 38.5 Å². The Labute approximate surface area is 168 Å². The van der Waals surface area contributed by atoms with Gasteiger partial charge in [-0.3, -0.25) is 4.79 Å². The number of nitrogens with zero attached hydrogens (tertiary/aromatic N) is 2. The summed E-state index contributed by atoms with van der Waals surface area (Å²) in [5.41, 5.74) is 0. The van der Waals surface area contributed by atoms with Crippen molar-refractivity contribution in [1.29, 1.82) is 0 Å². The summed E-state index contributed by atoms with van der Waals surface area (Å²) in [6, 6.07) is 0. The highest BCUT2D eigenvalue weighted by atomic mass is 16.5. The van der Waals surface area contributed by atoms with Gasteiger partial charge in [-0.05, 0) is 6.42 Å². The molecule has 8 nitrogen and oxygen atoms in total. The summed E-state index contributed by atoms with van der Waals surface area (Å²) in [7, 11) is 1.68. The average molecular weight is 403 g/mol. The molecule has 0 rings (SSSR count). The Morgan fingerprint density at radius 3 is 1.93 bits per heavy atom. The Morgan fingerprint density at radius 2 is 1.39 bits per heavy atom. The Hall–Kier alpha value is -1.83. The molecule has 0 aromatic rings. The number of hydrogen-bond acceptors (Lipinski definition) is 4. The van der Waals surface area contributed by atoms with E-state index in [4.69, 9.17) is 9.84 Å². The van der Waals surface area contributed by atoms with E-state index < -0.39 is 18.7 Å². The number of likely N-dealkylation sites (N-methyl/N-ethyl adjacent to an activating group) is 1. The van der Waals surface area contributed by atoms with Crippen LogP contribution in [0.4, 0.5) is 4.79 Å². The van der Waals surface area contributed by atoms with Gasteiger partial charge in [-0.25, -0.2) is 9.59 Å². The lowest BCUT2D eigenvalue weighted by atomic mass is 10.1. The second kappa shape index (κ2) is 17.3. The van der Waals surface area contributed by atoms with Crippen LogP contribution in [0.15, 0.2) is 0 Å². The van der Waals surface area contributed by atoms with Crippen molar-refractivity contribution in [2.75, 3.05) is 39.9 Å². The van der Waals surface area contributed by atoms with Gasteiger partial charge in [0.1, 0.15) is 6.61 Å². The zero-order chi connectivity index (χ0) is 21.2.